The lowest BCUT2D eigenvalue weighted by molar-refractivity contribution is -0.224. The zero-order valence-electron chi connectivity index (χ0n) is 9.04. The summed E-state index contributed by atoms with van der Waals surface area (Å²) in [5, 5.41) is 0. The number of ether oxygens (including phenoxy) is 1. The number of rotatable bonds is 3. The van der Waals surface area contributed by atoms with E-state index in [0.717, 1.165) is 0 Å². The van der Waals surface area contributed by atoms with Gasteiger partial charge in [-0.3, -0.25) is 4.79 Å². The van der Waals surface area contributed by atoms with E-state index < -0.39 is 29.8 Å². The van der Waals surface area contributed by atoms with E-state index in [2.05, 4.69) is 4.74 Å². The van der Waals surface area contributed by atoms with Crippen LogP contribution in [-0.2, 0) is 9.53 Å². The molecule has 0 spiro atoms. The van der Waals surface area contributed by atoms with Gasteiger partial charge in [-0.15, -0.1) is 0 Å². The molecule has 90 valence electrons. The third-order valence-corrected chi connectivity index (χ3v) is 1.64. The summed E-state index contributed by atoms with van der Waals surface area (Å²) in [5.41, 5.74) is -0.987. The first-order chi connectivity index (χ1) is 6.38. The molecular formula is C9H14F4O2. The average Bonchev–Trinajstić information content (AvgIpc) is 1.96. The zero-order valence-corrected chi connectivity index (χ0v) is 9.04. The van der Waals surface area contributed by atoms with E-state index in [9.17, 15) is 22.4 Å². The summed E-state index contributed by atoms with van der Waals surface area (Å²) < 4.78 is 54.0. The standard InChI is InChI=1S/C9H14F4O2/c1-7(2,3)6(14)15-5-9(12,13)8(4,10)11/h5H2,1-4H3. The maximum atomic E-state index is 12.7. The molecule has 0 N–H and O–H groups in total. The second kappa shape index (κ2) is 3.98. The van der Waals surface area contributed by atoms with Crippen molar-refractivity contribution in [2.75, 3.05) is 6.61 Å². The summed E-state index contributed by atoms with van der Waals surface area (Å²) in [6.07, 6.45) is 0. The predicted molar refractivity (Wildman–Crippen MR) is 46.0 cm³/mol. The highest BCUT2D eigenvalue weighted by Crippen LogP contribution is 2.34. The van der Waals surface area contributed by atoms with Crippen LogP contribution in [0.4, 0.5) is 17.6 Å². The number of carbonyl (C=O) groups excluding carboxylic acids is 1. The number of hydrogen-bond acceptors (Lipinski definition) is 2. The molecule has 0 aliphatic carbocycles. The summed E-state index contributed by atoms with van der Waals surface area (Å²) in [4.78, 5) is 11.0. The minimum Gasteiger partial charge on any atom is -0.459 e. The first-order valence-electron chi connectivity index (χ1n) is 4.31. The molecule has 0 fully saturated rings. The van der Waals surface area contributed by atoms with Gasteiger partial charge >= 0.3 is 17.8 Å². The molecule has 0 amide bonds. The Bertz CT molecular complexity index is 237. The van der Waals surface area contributed by atoms with Gasteiger partial charge in [0.15, 0.2) is 6.61 Å². The van der Waals surface area contributed by atoms with Gasteiger partial charge in [-0.1, -0.05) is 0 Å². The molecule has 0 bridgehead atoms. The van der Waals surface area contributed by atoms with Crippen molar-refractivity contribution in [1.82, 2.24) is 0 Å². The molecule has 0 heterocycles. The zero-order chi connectivity index (χ0) is 12.5. The fourth-order valence-corrected chi connectivity index (χ4v) is 0.499. The van der Waals surface area contributed by atoms with E-state index in [1.165, 1.54) is 20.8 Å². The van der Waals surface area contributed by atoms with E-state index >= 15 is 0 Å². The lowest BCUT2D eigenvalue weighted by Crippen LogP contribution is -2.43. The van der Waals surface area contributed by atoms with Crippen LogP contribution in [0, 0.1) is 5.41 Å². The normalized spacial score (nSPS) is 13.9. The highest BCUT2D eigenvalue weighted by atomic mass is 19.3. The third kappa shape index (κ3) is 4.05. The molecule has 0 saturated heterocycles. The lowest BCUT2D eigenvalue weighted by atomic mass is 9.97. The van der Waals surface area contributed by atoms with Crippen LogP contribution in [0.1, 0.15) is 27.7 Å². The van der Waals surface area contributed by atoms with Crippen LogP contribution in [0.5, 0.6) is 0 Å². The second-order valence-electron chi connectivity index (χ2n) is 4.42. The molecule has 15 heavy (non-hydrogen) atoms. The van der Waals surface area contributed by atoms with Gasteiger partial charge in [0.05, 0.1) is 5.41 Å². The van der Waals surface area contributed by atoms with Crippen molar-refractivity contribution >= 4 is 5.97 Å². The number of esters is 1. The quantitative estimate of drug-likeness (QED) is 0.550. The van der Waals surface area contributed by atoms with Crippen LogP contribution < -0.4 is 0 Å². The molecule has 0 aromatic carbocycles. The smallest absolute Gasteiger partial charge is 0.343 e. The van der Waals surface area contributed by atoms with E-state index in [-0.39, 0.29) is 6.92 Å². The second-order valence-corrected chi connectivity index (χ2v) is 4.42. The number of carbonyl (C=O) groups is 1. The van der Waals surface area contributed by atoms with E-state index in [1.807, 2.05) is 0 Å². The molecule has 6 heteroatoms. The van der Waals surface area contributed by atoms with Gasteiger partial charge in [0.1, 0.15) is 0 Å². The van der Waals surface area contributed by atoms with Crippen LogP contribution >= 0.6 is 0 Å². The monoisotopic (exact) mass is 230 g/mol. The van der Waals surface area contributed by atoms with Gasteiger partial charge in [0, 0.05) is 6.92 Å². The molecule has 0 aromatic rings. The molecule has 0 atom stereocenters. The molecule has 0 radical (unpaired) electrons. The van der Waals surface area contributed by atoms with Crippen molar-refractivity contribution in [1.29, 1.82) is 0 Å². The van der Waals surface area contributed by atoms with Gasteiger partial charge < -0.3 is 4.74 Å². The molecular weight excluding hydrogens is 216 g/mol. The van der Waals surface area contributed by atoms with Crippen molar-refractivity contribution in [3.05, 3.63) is 0 Å². The van der Waals surface area contributed by atoms with Crippen LogP contribution in [0.2, 0.25) is 0 Å². The Hall–Kier alpha value is -0.810. The Morgan fingerprint density at radius 3 is 1.73 bits per heavy atom. The predicted octanol–water partition coefficient (Wildman–Crippen LogP) is 2.87. The summed E-state index contributed by atoms with van der Waals surface area (Å²) in [7, 11) is 0. The largest absolute Gasteiger partial charge is 0.459 e. The Kier molecular flexibility index (Phi) is 3.77. The number of alkyl halides is 4. The summed E-state index contributed by atoms with van der Waals surface area (Å²) in [6, 6.07) is 0. The van der Waals surface area contributed by atoms with Gasteiger partial charge in [-0.05, 0) is 20.8 Å². The molecule has 0 saturated carbocycles. The summed E-state index contributed by atoms with van der Waals surface area (Å²) in [5.74, 6) is -9.48. The van der Waals surface area contributed by atoms with Gasteiger partial charge in [0.2, 0.25) is 0 Å². The third-order valence-electron chi connectivity index (χ3n) is 1.64. The van der Waals surface area contributed by atoms with Gasteiger partial charge in [0.25, 0.3) is 0 Å². The molecule has 2 nitrogen and oxygen atoms in total. The van der Waals surface area contributed by atoms with Crippen molar-refractivity contribution < 1.29 is 27.1 Å². The Morgan fingerprint density at radius 2 is 1.47 bits per heavy atom. The molecule has 0 rings (SSSR count). The highest BCUT2D eigenvalue weighted by Gasteiger charge is 2.53. The first-order valence-corrected chi connectivity index (χ1v) is 4.31. The first kappa shape index (κ1) is 14.2. The van der Waals surface area contributed by atoms with E-state index in [0.29, 0.717) is 0 Å². The minimum absolute atomic E-state index is 0.0813. The molecule has 0 aromatic heterocycles. The highest BCUT2D eigenvalue weighted by molar-refractivity contribution is 5.75. The topological polar surface area (TPSA) is 26.3 Å². The van der Waals surface area contributed by atoms with Crippen molar-refractivity contribution in [2.24, 2.45) is 5.41 Å². The van der Waals surface area contributed by atoms with Gasteiger partial charge in [-0.2, -0.15) is 8.78 Å². The Labute approximate surface area is 85.6 Å². The molecule has 0 aliphatic rings. The van der Waals surface area contributed by atoms with Crippen LogP contribution in [-0.4, -0.2) is 24.4 Å². The van der Waals surface area contributed by atoms with Crippen molar-refractivity contribution in [3.63, 3.8) is 0 Å². The minimum atomic E-state index is -4.34. The Morgan fingerprint density at radius 1 is 1.07 bits per heavy atom. The summed E-state index contributed by atoms with van der Waals surface area (Å²) in [6.45, 7) is 2.80. The maximum Gasteiger partial charge on any atom is 0.343 e. The molecule has 0 aliphatic heterocycles. The van der Waals surface area contributed by atoms with Crippen molar-refractivity contribution in [3.8, 4) is 0 Å². The molecule has 0 unspecified atom stereocenters. The number of halogens is 4. The Balaban J connectivity index is 4.36. The van der Waals surface area contributed by atoms with Crippen molar-refractivity contribution in [2.45, 2.75) is 39.5 Å². The maximum absolute atomic E-state index is 12.7. The summed E-state index contributed by atoms with van der Waals surface area (Å²) >= 11 is 0. The van der Waals surface area contributed by atoms with Gasteiger partial charge in [-0.25, -0.2) is 8.78 Å². The SMILES string of the molecule is CC(C)(C)C(=O)OCC(F)(F)C(C)(F)F. The van der Waals surface area contributed by atoms with Crippen LogP contribution in [0.3, 0.4) is 0 Å². The average molecular weight is 230 g/mol. The van der Waals surface area contributed by atoms with Crippen LogP contribution in [0.25, 0.3) is 0 Å². The number of hydrogen-bond donors (Lipinski definition) is 0. The fourth-order valence-electron chi connectivity index (χ4n) is 0.499. The van der Waals surface area contributed by atoms with Crippen LogP contribution in [0.15, 0.2) is 0 Å². The fraction of sp³-hybridized carbons (Fsp3) is 0.889. The van der Waals surface area contributed by atoms with E-state index in [1.54, 1.807) is 0 Å². The van der Waals surface area contributed by atoms with E-state index in [4.69, 9.17) is 0 Å². The lowest BCUT2D eigenvalue weighted by Gasteiger charge is -2.24.